The van der Waals surface area contributed by atoms with Crippen LogP contribution in [0.1, 0.15) is 13.8 Å². The van der Waals surface area contributed by atoms with Crippen molar-refractivity contribution in [3.8, 4) is 0 Å². The first kappa shape index (κ1) is 19.6. The van der Waals surface area contributed by atoms with Crippen LogP contribution < -0.4 is 9.13 Å². The third-order valence-electron chi connectivity index (χ3n) is 3.95. The SMILES string of the molecule is CCn1cc[n+](CCOCCOCCOCC[n+]2ccn(CC)c2)c1. The Morgan fingerprint density at radius 3 is 1.40 bits per heavy atom. The summed E-state index contributed by atoms with van der Waals surface area (Å²) in [7, 11) is 0. The molecule has 0 N–H and O–H groups in total. The second-order valence-corrected chi connectivity index (χ2v) is 5.80. The minimum atomic E-state index is 0.609. The maximum Gasteiger partial charge on any atom is 0.243 e. The van der Waals surface area contributed by atoms with Crippen LogP contribution in [0.4, 0.5) is 0 Å². The van der Waals surface area contributed by atoms with Crippen LogP contribution in [0.2, 0.25) is 0 Å². The quantitative estimate of drug-likeness (QED) is 0.371. The Labute approximate surface area is 150 Å². The molecule has 0 aliphatic heterocycles. The number of ether oxygens (including phenoxy) is 3. The Kier molecular flexibility index (Phi) is 9.25. The van der Waals surface area contributed by atoms with Crippen molar-refractivity contribution in [3.63, 3.8) is 0 Å². The molecule has 0 aliphatic rings. The topological polar surface area (TPSA) is 45.3 Å². The predicted octanol–water partition coefficient (Wildman–Crippen LogP) is 0.654. The van der Waals surface area contributed by atoms with Crippen molar-refractivity contribution in [1.29, 1.82) is 0 Å². The van der Waals surface area contributed by atoms with Gasteiger partial charge in [-0.05, 0) is 13.8 Å². The van der Waals surface area contributed by atoms with Gasteiger partial charge in [-0.1, -0.05) is 0 Å². The lowest BCUT2D eigenvalue weighted by Gasteiger charge is -2.05. The molecule has 0 amide bonds. The van der Waals surface area contributed by atoms with Crippen molar-refractivity contribution < 1.29 is 23.3 Å². The summed E-state index contributed by atoms with van der Waals surface area (Å²) >= 11 is 0. The Hall–Kier alpha value is -1.70. The maximum absolute atomic E-state index is 5.58. The first-order valence-electron chi connectivity index (χ1n) is 9.14. The molecule has 0 aromatic carbocycles. The van der Waals surface area contributed by atoms with Gasteiger partial charge in [-0.15, -0.1) is 0 Å². The zero-order valence-corrected chi connectivity index (χ0v) is 15.5. The first-order valence-corrected chi connectivity index (χ1v) is 9.14. The van der Waals surface area contributed by atoms with E-state index in [2.05, 4.69) is 69.6 Å². The number of hydrogen-bond donors (Lipinski definition) is 0. The summed E-state index contributed by atoms with van der Waals surface area (Å²) in [5.41, 5.74) is 0. The van der Waals surface area contributed by atoms with Gasteiger partial charge in [0.1, 0.15) is 37.9 Å². The van der Waals surface area contributed by atoms with E-state index in [1.54, 1.807) is 0 Å². The number of hydrogen-bond acceptors (Lipinski definition) is 3. The van der Waals surface area contributed by atoms with E-state index < -0.39 is 0 Å². The number of aryl methyl sites for hydroxylation is 2. The highest BCUT2D eigenvalue weighted by Crippen LogP contribution is 1.86. The predicted molar refractivity (Wildman–Crippen MR) is 93.1 cm³/mol. The fourth-order valence-corrected chi connectivity index (χ4v) is 2.40. The molecule has 2 rings (SSSR count). The van der Waals surface area contributed by atoms with Crippen molar-refractivity contribution in [2.75, 3.05) is 39.6 Å². The van der Waals surface area contributed by atoms with Gasteiger partial charge in [0.15, 0.2) is 0 Å². The van der Waals surface area contributed by atoms with Crippen LogP contribution in [-0.4, -0.2) is 48.8 Å². The third-order valence-corrected chi connectivity index (χ3v) is 3.95. The second kappa shape index (κ2) is 11.8. The van der Waals surface area contributed by atoms with Crippen molar-refractivity contribution in [1.82, 2.24) is 9.13 Å². The average molecular weight is 352 g/mol. The molecule has 2 heterocycles. The molecule has 0 saturated carbocycles. The van der Waals surface area contributed by atoms with Crippen LogP contribution >= 0.6 is 0 Å². The van der Waals surface area contributed by atoms with Gasteiger partial charge >= 0.3 is 0 Å². The van der Waals surface area contributed by atoms with Crippen LogP contribution in [0.3, 0.4) is 0 Å². The Morgan fingerprint density at radius 2 is 1.04 bits per heavy atom. The number of aromatic nitrogens is 4. The van der Waals surface area contributed by atoms with Crippen LogP contribution in [0.5, 0.6) is 0 Å². The van der Waals surface area contributed by atoms with Gasteiger partial charge in [0.05, 0.1) is 52.7 Å². The van der Waals surface area contributed by atoms with E-state index in [0.717, 1.165) is 26.2 Å². The van der Waals surface area contributed by atoms with Gasteiger partial charge in [0, 0.05) is 0 Å². The summed E-state index contributed by atoms with van der Waals surface area (Å²) in [5, 5.41) is 0. The summed E-state index contributed by atoms with van der Waals surface area (Å²) in [6, 6.07) is 0. The highest BCUT2D eigenvalue weighted by atomic mass is 16.5. The zero-order chi connectivity index (χ0) is 17.7. The summed E-state index contributed by atoms with van der Waals surface area (Å²) < 4.78 is 25.2. The molecule has 7 heteroatoms. The molecule has 0 atom stereocenters. The van der Waals surface area contributed by atoms with Gasteiger partial charge in [-0.2, -0.15) is 0 Å². The highest BCUT2D eigenvalue weighted by molar-refractivity contribution is 4.65. The fourth-order valence-electron chi connectivity index (χ4n) is 2.40. The lowest BCUT2D eigenvalue weighted by Crippen LogP contribution is -2.34. The molecule has 0 bridgehead atoms. The van der Waals surface area contributed by atoms with Crippen LogP contribution in [0.15, 0.2) is 37.4 Å². The minimum Gasteiger partial charge on any atom is -0.377 e. The third kappa shape index (κ3) is 7.81. The molecule has 25 heavy (non-hydrogen) atoms. The summed E-state index contributed by atoms with van der Waals surface area (Å²) in [6.45, 7) is 11.8. The smallest absolute Gasteiger partial charge is 0.243 e. The normalized spacial score (nSPS) is 11.3. The van der Waals surface area contributed by atoms with Crippen molar-refractivity contribution in [3.05, 3.63) is 37.4 Å². The Morgan fingerprint density at radius 1 is 0.640 bits per heavy atom. The maximum atomic E-state index is 5.58. The fraction of sp³-hybridized carbons (Fsp3) is 0.667. The van der Waals surface area contributed by atoms with Gasteiger partial charge in [-0.3, -0.25) is 0 Å². The van der Waals surface area contributed by atoms with Gasteiger partial charge in [0.2, 0.25) is 12.7 Å². The van der Waals surface area contributed by atoms with E-state index in [1.807, 2.05) is 0 Å². The average Bonchev–Trinajstić information content (AvgIpc) is 3.28. The summed E-state index contributed by atoms with van der Waals surface area (Å²) in [6.07, 6.45) is 12.5. The van der Waals surface area contributed by atoms with E-state index in [-0.39, 0.29) is 0 Å². The van der Waals surface area contributed by atoms with Crippen molar-refractivity contribution >= 4 is 0 Å². The number of nitrogens with zero attached hydrogens (tertiary/aromatic N) is 4. The number of imidazole rings is 2. The highest BCUT2D eigenvalue weighted by Gasteiger charge is 2.02. The number of rotatable bonds is 14. The van der Waals surface area contributed by atoms with E-state index in [4.69, 9.17) is 14.2 Å². The molecule has 140 valence electrons. The molecule has 0 radical (unpaired) electrons. The molecule has 0 unspecified atom stereocenters. The Bertz CT molecular complexity index is 532. The standard InChI is InChI=1S/C18H32N4O3/c1-3-19-5-7-21(17-19)9-11-23-13-15-25-16-14-24-12-10-22-8-6-20(4-2)18-22/h5-8,17-18H,3-4,9-16H2,1-2H3/q+2. The molecule has 2 aromatic heterocycles. The first-order chi connectivity index (χ1) is 12.3. The van der Waals surface area contributed by atoms with Crippen LogP contribution in [0, 0.1) is 0 Å². The van der Waals surface area contributed by atoms with Gasteiger partial charge in [-0.25, -0.2) is 18.3 Å². The zero-order valence-electron chi connectivity index (χ0n) is 15.5. The lowest BCUT2D eigenvalue weighted by atomic mass is 10.6. The molecule has 0 aliphatic carbocycles. The van der Waals surface area contributed by atoms with Crippen LogP contribution in [0.25, 0.3) is 0 Å². The lowest BCUT2D eigenvalue weighted by molar-refractivity contribution is -0.698. The largest absolute Gasteiger partial charge is 0.377 e. The van der Waals surface area contributed by atoms with E-state index >= 15 is 0 Å². The molecule has 0 spiro atoms. The molecule has 7 nitrogen and oxygen atoms in total. The van der Waals surface area contributed by atoms with E-state index in [9.17, 15) is 0 Å². The molecule has 2 aromatic rings. The van der Waals surface area contributed by atoms with Crippen molar-refractivity contribution in [2.45, 2.75) is 40.0 Å². The summed E-state index contributed by atoms with van der Waals surface area (Å²) in [4.78, 5) is 0. The molecular weight excluding hydrogens is 320 g/mol. The molecule has 0 fully saturated rings. The minimum absolute atomic E-state index is 0.609. The molecular formula is C18H32N4O3+2. The van der Waals surface area contributed by atoms with Gasteiger partial charge in [0.25, 0.3) is 0 Å². The van der Waals surface area contributed by atoms with Crippen molar-refractivity contribution in [2.24, 2.45) is 0 Å². The summed E-state index contributed by atoms with van der Waals surface area (Å²) in [5.74, 6) is 0. The van der Waals surface area contributed by atoms with E-state index in [0.29, 0.717) is 39.6 Å². The van der Waals surface area contributed by atoms with Crippen LogP contribution in [-0.2, 0) is 40.4 Å². The van der Waals surface area contributed by atoms with Gasteiger partial charge < -0.3 is 14.2 Å². The molecule has 0 saturated heterocycles. The van der Waals surface area contributed by atoms with E-state index in [1.165, 1.54) is 0 Å². The Balaban J connectivity index is 1.36. The second-order valence-electron chi connectivity index (χ2n) is 5.80. The monoisotopic (exact) mass is 352 g/mol.